The number of alkyl halides is 3. The van der Waals surface area contributed by atoms with E-state index in [1.54, 1.807) is 6.92 Å². The number of halogens is 3. The van der Waals surface area contributed by atoms with E-state index in [9.17, 15) is 18.0 Å². The second-order valence-electron chi connectivity index (χ2n) is 4.48. The lowest BCUT2D eigenvalue weighted by Crippen LogP contribution is -2.23. The normalized spacial score (nSPS) is 13.4. The second-order valence-corrected chi connectivity index (χ2v) is 4.48. The molecule has 0 aliphatic carbocycles. The summed E-state index contributed by atoms with van der Waals surface area (Å²) in [4.78, 5) is 14.5. The molecule has 106 valence electrons. The van der Waals surface area contributed by atoms with Gasteiger partial charge >= 0.3 is 6.18 Å². The SMILES string of the molecule is CC(C)C(C)Oc1nc(C(F)(F)F)ccc1C(N)=O. The fourth-order valence-corrected chi connectivity index (χ4v) is 1.19. The number of nitrogens with zero attached hydrogens (tertiary/aromatic N) is 1. The zero-order chi connectivity index (χ0) is 14.8. The van der Waals surface area contributed by atoms with Gasteiger partial charge < -0.3 is 10.5 Å². The zero-order valence-electron chi connectivity index (χ0n) is 10.8. The molecule has 0 saturated heterocycles. The van der Waals surface area contributed by atoms with E-state index in [0.29, 0.717) is 6.07 Å². The van der Waals surface area contributed by atoms with Crippen molar-refractivity contribution >= 4 is 5.91 Å². The van der Waals surface area contributed by atoms with Gasteiger partial charge in [0.25, 0.3) is 5.91 Å². The summed E-state index contributed by atoms with van der Waals surface area (Å²) >= 11 is 0. The van der Waals surface area contributed by atoms with Crippen LogP contribution in [0.1, 0.15) is 36.8 Å². The van der Waals surface area contributed by atoms with Crippen molar-refractivity contribution in [1.82, 2.24) is 4.98 Å². The van der Waals surface area contributed by atoms with Crippen molar-refractivity contribution in [2.45, 2.75) is 33.1 Å². The predicted molar refractivity (Wildman–Crippen MR) is 62.7 cm³/mol. The van der Waals surface area contributed by atoms with Crippen LogP contribution in [0.5, 0.6) is 5.88 Å². The first-order valence-corrected chi connectivity index (χ1v) is 5.67. The van der Waals surface area contributed by atoms with Crippen LogP contribution in [0.15, 0.2) is 12.1 Å². The van der Waals surface area contributed by atoms with Crippen LogP contribution in [0.4, 0.5) is 13.2 Å². The highest BCUT2D eigenvalue weighted by atomic mass is 19.4. The fraction of sp³-hybridized carbons (Fsp3) is 0.500. The maximum Gasteiger partial charge on any atom is 0.433 e. The fourth-order valence-electron chi connectivity index (χ4n) is 1.19. The molecule has 1 unspecified atom stereocenters. The number of ether oxygens (including phenoxy) is 1. The minimum absolute atomic E-state index is 0.0528. The summed E-state index contributed by atoms with van der Waals surface area (Å²) in [5.74, 6) is -1.22. The first-order valence-electron chi connectivity index (χ1n) is 5.67. The van der Waals surface area contributed by atoms with Crippen molar-refractivity contribution in [3.63, 3.8) is 0 Å². The molecule has 1 amide bonds. The van der Waals surface area contributed by atoms with Crippen molar-refractivity contribution in [1.29, 1.82) is 0 Å². The average molecular weight is 276 g/mol. The Balaban J connectivity index is 3.20. The van der Waals surface area contributed by atoms with E-state index in [-0.39, 0.29) is 17.4 Å². The van der Waals surface area contributed by atoms with Crippen LogP contribution in [0, 0.1) is 5.92 Å². The summed E-state index contributed by atoms with van der Waals surface area (Å²) < 4.78 is 43.0. The van der Waals surface area contributed by atoms with Crippen LogP contribution in [-0.2, 0) is 6.18 Å². The number of hydrogen-bond donors (Lipinski definition) is 1. The quantitative estimate of drug-likeness (QED) is 0.919. The minimum Gasteiger partial charge on any atom is -0.474 e. The van der Waals surface area contributed by atoms with E-state index in [2.05, 4.69) is 4.98 Å². The number of pyridine rings is 1. The molecule has 7 heteroatoms. The number of hydrogen-bond acceptors (Lipinski definition) is 3. The molecular weight excluding hydrogens is 261 g/mol. The molecule has 0 bridgehead atoms. The van der Waals surface area contributed by atoms with Crippen molar-refractivity contribution in [3.8, 4) is 5.88 Å². The van der Waals surface area contributed by atoms with Crippen LogP contribution >= 0.6 is 0 Å². The molecule has 0 saturated carbocycles. The third-order valence-electron chi connectivity index (χ3n) is 2.65. The topological polar surface area (TPSA) is 65.2 Å². The summed E-state index contributed by atoms with van der Waals surface area (Å²) in [6, 6.07) is 1.67. The Morgan fingerprint density at radius 3 is 2.32 bits per heavy atom. The molecule has 4 nitrogen and oxygen atoms in total. The number of amides is 1. The van der Waals surface area contributed by atoms with Gasteiger partial charge in [0.1, 0.15) is 11.3 Å². The molecule has 1 aromatic rings. The van der Waals surface area contributed by atoms with Gasteiger partial charge in [-0.2, -0.15) is 13.2 Å². The molecule has 2 N–H and O–H groups in total. The van der Waals surface area contributed by atoms with Crippen molar-refractivity contribution < 1.29 is 22.7 Å². The number of aromatic nitrogens is 1. The molecule has 1 atom stereocenters. The highest BCUT2D eigenvalue weighted by molar-refractivity contribution is 5.95. The van der Waals surface area contributed by atoms with Gasteiger partial charge in [-0.1, -0.05) is 13.8 Å². The lowest BCUT2D eigenvalue weighted by molar-refractivity contribution is -0.141. The number of nitrogens with two attached hydrogens (primary N) is 1. The second kappa shape index (κ2) is 5.46. The first-order chi connectivity index (χ1) is 8.62. The summed E-state index contributed by atoms with van der Waals surface area (Å²) in [7, 11) is 0. The van der Waals surface area contributed by atoms with Crippen LogP contribution in [0.2, 0.25) is 0 Å². The predicted octanol–water partition coefficient (Wildman–Crippen LogP) is 2.62. The lowest BCUT2D eigenvalue weighted by Gasteiger charge is -2.19. The van der Waals surface area contributed by atoms with Crippen molar-refractivity contribution in [2.24, 2.45) is 11.7 Å². The van der Waals surface area contributed by atoms with E-state index in [0.717, 1.165) is 6.07 Å². The largest absolute Gasteiger partial charge is 0.474 e. The molecule has 0 aliphatic rings. The molecule has 19 heavy (non-hydrogen) atoms. The van der Waals surface area contributed by atoms with E-state index in [1.165, 1.54) is 0 Å². The van der Waals surface area contributed by atoms with E-state index < -0.39 is 23.9 Å². The maximum atomic E-state index is 12.6. The Kier molecular flexibility index (Phi) is 4.39. The minimum atomic E-state index is -4.60. The van der Waals surface area contributed by atoms with E-state index in [1.807, 2.05) is 13.8 Å². The Morgan fingerprint density at radius 2 is 1.89 bits per heavy atom. The van der Waals surface area contributed by atoms with Gasteiger partial charge in [-0.05, 0) is 25.0 Å². The van der Waals surface area contributed by atoms with Gasteiger partial charge in [0.05, 0.1) is 6.10 Å². The van der Waals surface area contributed by atoms with Crippen molar-refractivity contribution in [2.75, 3.05) is 0 Å². The molecule has 1 heterocycles. The third kappa shape index (κ3) is 3.84. The van der Waals surface area contributed by atoms with Gasteiger partial charge in [-0.15, -0.1) is 0 Å². The molecule has 1 rings (SSSR count). The number of primary amides is 1. The van der Waals surface area contributed by atoms with Crippen LogP contribution in [-0.4, -0.2) is 17.0 Å². The van der Waals surface area contributed by atoms with E-state index in [4.69, 9.17) is 10.5 Å². The first kappa shape index (κ1) is 15.3. The maximum absolute atomic E-state index is 12.6. The summed E-state index contributed by atoms with van der Waals surface area (Å²) in [6.07, 6.45) is -5.00. The molecule has 0 aromatic carbocycles. The summed E-state index contributed by atoms with van der Waals surface area (Å²) in [6.45, 7) is 5.35. The van der Waals surface area contributed by atoms with Gasteiger partial charge in [0, 0.05) is 0 Å². The van der Waals surface area contributed by atoms with Gasteiger partial charge in [0.15, 0.2) is 0 Å². The monoisotopic (exact) mass is 276 g/mol. The molecule has 1 aromatic heterocycles. The standard InChI is InChI=1S/C12H15F3N2O2/c1-6(2)7(3)19-11-8(10(16)18)4-5-9(17-11)12(13,14)15/h4-7H,1-3H3,(H2,16,18). The Morgan fingerprint density at radius 1 is 1.32 bits per heavy atom. The summed E-state index contributed by atoms with van der Waals surface area (Å²) in [5, 5.41) is 0. The van der Waals surface area contributed by atoms with Crippen molar-refractivity contribution in [3.05, 3.63) is 23.4 Å². The zero-order valence-corrected chi connectivity index (χ0v) is 10.8. The smallest absolute Gasteiger partial charge is 0.433 e. The van der Waals surface area contributed by atoms with Gasteiger partial charge in [-0.25, -0.2) is 4.98 Å². The summed E-state index contributed by atoms with van der Waals surface area (Å²) in [5.41, 5.74) is 3.80. The van der Waals surface area contributed by atoms with Crippen LogP contribution < -0.4 is 10.5 Å². The van der Waals surface area contributed by atoms with Crippen LogP contribution in [0.3, 0.4) is 0 Å². The molecule has 0 aliphatic heterocycles. The van der Waals surface area contributed by atoms with E-state index >= 15 is 0 Å². The highest BCUT2D eigenvalue weighted by Gasteiger charge is 2.34. The van der Waals surface area contributed by atoms with Gasteiger partial charge in [-0.3, -0.25) is 4.79 Å². The number of carbonyl (C=O) groups excluding carboxylic acids is 1. The highest BCUT2D eigenvalue weighted by Crippen LogP contribution is 2.30. The lowest BCUT2D eigenvalue weighted by atomic mass is 10.1. The van der Waals surface area contributed by atoms with Crippen LogP contribution in [0.25, 0.3) is 0 Å². The Labute approximate surface area is 108 Å². The number of rotatable bonds is 4. The molecule has 0 fully saturated rings. The average Bonchev–Trinajstić information content (AvgIpc) is 2.27. The molecule has 0 radical (unpaired) electrons. The third-order valence-corrected chi connectivity index (χ3v) is 2.65. The molecular formula is C12H15F3N2O2. The Bertz CT molecular complexity index is 473. The Hall–Kier alpha value is -1.79. The molecule has 0 spiro atoms. The van der Waals surface area contributed by atoms with Gasteiger partial charge in [0.2, 0.25) is 5.88 Å². The number of carbonyl (C=O) groups is 1.